The van der Waals surface area contributed by atoms with Crippen LogP contribution in [0.4, 0.5) is 18.9 Å². The Kier molecular flexibility index (Phi) is 3.24. The van der Waals surface area contributed by atoms with Crippen molar-refractivity contribution in [3.63, 3.8) is 0 Å². The number of aliphatic hydroxyl groups is 1. The van der Waals surface area contributed by atoms with Crippen molar-refractivity contribution in [2.24, 2.45) is 0 Å². The molecule has 1 heterocycles. The van der Waals surface area contributed by atoms with Crippen LogP contribution in [-0.4, -0.2) is 37.2 Å². The number of benzene rings is 1. The van der Waals surface area contributed by atoms with Crippen LogP contribution in [0, 0.1) is 17.5 Å². The van der Waals surface area contributed by atoms with Gasteiger partial charge in [-0.05, 0) is 0 Å². The first-order valence-corrected chi connectivity index (χ1v) is 6.90. The second-order valence-electron chi connectivity index (χ2n) is 4.14. The lowest BCUT2D eigenvalue weighted by Crippen LogP contribution is -2.32. The summed E-state index contributed by atoms with van der Waals surface area (Å²) >= 11 is 0. The van der Waals surface area contributed by atoms with E-state index in [-0.39, 0.29) is 11.4 Å². The van der Waals surface area contributed by atoms with Crippen LogP contribution < -0.4 is 5.32 Å². The summed E-state index contributed by atoms with van der Waals surface area (Å²) < 4.78 is 61.3. The summed E-state index contributed by atoms with van der Waals surface area (Å²) in [6, 6.07) is 0.00453. The molecule has 2 atom stereocenters. The first-order chi connectivity index (χ1) is 8.28. The fourth-order valence-electron chi connectivity index (χ4n) is 1.80. The number of sulfone groups is 1. The van der Waals surface area contributed by atoms with Gasteiger partial charge in [-0.15, -0.1) is 0 Å². The normalized spacial score (nSPS) is 26.2. The van der Waals surface area contributed by atoms with Crippen LogP contribution in [-0.2, 0) is 9.84 Å². The summed E-state index contributed by atoms with van der Waals surface area (Å²) in [4.78, 5) is 0. The Morgan fingerprint density at radius 2 is 1.72 bits per heavy atom. The second-order valence-corrected chi connectivity index (χ2v) is 6.30. The highest BCUT2D eigenvalue weighted by Gasteiger charge is 2.36. The fourth-order valence-corrected chi connectivity index (χ4v) is 3.54. The third-order valence-corrected chi connectivity index (χ3v) is 4.39. The van der Waals surface area contributed by atoms with Crippen molar-refractivity contribution in [1.82, 2.24) is 0 Å². The topological polar surface area (TPSA) is 66.4 Å². The maximum atomic E-state index is 13.3. The number of halogens is 3. The maximum absolute atomic E-state index is 13.3. The highest BCUT2D eigenvalue weighted by molar-refractivity contribution is 7.91. The predicted octanol–water partition coefficient (Wildman–Crippen LogP) is 0.674. The van der Waals surface area contributed by atoms with Gasteiger partial charge in [0.05, 0.1) is 29.3 Å². The van der Waals surface area contributed by atoms with Gasteiger partial charge in [0.2, 0.25) is 0 Å². The first kappa shape index (κ1) is 13.2. The summed E-state index contributed by atoms with van der Waals surface area (Å²) in [5, 5.41) is 11.8. The van der Waals surface area contributed by atoms with Gasteiger partial charge in [-0.1, -0.05) is 0 Å². The van der Waals surface area contributed by atoms with Gasteiger partial charge in [-0.3, -0.25) is 0 Å². The Bertz CT molecular complexity index is 576. The lowest BCUT2D eigenvalue weighted by Gasteiger charge is -2.16. The van der Waals surface area contributed by atoms with Gasteiger partial charge in [0.1, 0.15) is 5.82 Å². The van der Waals surface area contributed by atoms with Crippen molar-refractivity contribution >= 4 is 15.5 Å². The monoisotopic (exact) mass is 281 g/mol. The molecule has 1 aliphatic rings. The number of hydrogen-bond donors (Lipinski definition) is 2. The van der Waals surface area contributed by atoms with Crippen molar-refractivity contribution in [3.05, 3.63) is 29.6 Å². The van der Waals surface area contributed by atoms with Crippen LogP contribution in [0.1, 0.15) is 0 Å². The molecule has 0 saturated carbocycles. The molecule has 18 heavy (non-hydrogen) atoms. The average molecular weight is 281 g/mol. The lowest BCUT2D eigenvalue weighted by atomic mass is 10.2. The summed E-state index contributed by atoms with van der Waals surface area (Å²) in [6.45, 7) is 0. The van der Waals surface area contributed by atoms with Gasteiger partial charge >= 0.3 is 0 Å². The third-order valence-electron chi connectivity index (χ3n) is 2.67. The molecular weight excluding hydrogens is 271 g/mol. The molecular formula is C10H10F3NO3S. The zero-order valence-corrected chi connectivity index (χ0v) is 9.85. The summed E-state index contributed by atoms with van der Waals surface area (Å²) in [7, 11) is -3.40. The smallest absolute Gasteiger partial charge is 0.161 e. The molecule has 4 nitrogen and oxygen atoms in total. The third kappa shape index (κ3) is 2.59. The summed E-state index contributed by atoms with van der Waals surface area (Å²) in [5.74, 6) is -4.46. The van der Waals surface area contributed by atoms with Crippen LogP contribution in [0.25, 0.3) is 0 Å². The molecule has 100 valence electrons. The zero-order chi connectivity index (χ0) is 13.5. The van der Waals surface area contributed by atoms with Gasteiger partial charge in [-0.2, -0.15) is 0 Å². The van der Waals surface area contributed by atoms with E-state index in [4.69, 9.17) is 0 Å². The second kappa shape index (κ2) is 4.43. The highest BCUT2D eigenvalue weighted by Crippen LogP contribution is 2.22. The Morgan fingerprint density at radius 3 is 2.28 bits per heavy atom. The SMILES string of the molecule is O=S1(=O)CC(O)C(Nc2cc(F)c(F)cc2F)C1. The van der Waals surface area contributed by atoms with Gasteiger partial charge in [0.15, 0.2) is 21.5 Å². The van der Waals surface area contributed by atoms with Crippen LogP contribution in [0.15, 0.2) is 12.1 Å². The largest absolute Gasteiger partial charge is 0.390 e. The van der Waals surface area contributed by atoms with Gasteiger partial charge in [0.25, 0.3) is 0 Å². The van der Waals surface area contributed by atoms with Crippen molar-refractivity contribution in [2.75, 3.05) is 16.8 Å². The number of nitrogens with one attached hydrogen (secondary N) is 1. The van der Waals surface area contributed by atoms with E-state index in [1.54, 1.807) is 0 Å². The molecule has 0 amide bonds. The van der Waals surface area contributed by atoms with Crippen molar-refractivity contribution in [3.8, 4) is 0 Å². The van der Waals surface area contributed by atoms with Crippen molar-refractivity contribution in [2.45, 2.75) is 12.1 Å². The number of aliphatic hydroxyl groups excluding tert-OH is 1. The molecule has 2 rings (SSSR count). The van der Waals surface area contributed by atoms with E-state index >= 15 is 0 Å². The van der Waals surface area contributed by atoms with E-state index in [1.807, 2.05) is 0 Å². The molecule has 1 aromatic rings. The Labute approximate surface area is 101 Å². The molecule has 8 heteroatoms. The maximum Gasteiger partial charge on any atom is 0.161 e. The van der Waals surface area contributed by atoms with E-state index in [0.717, 1.165) is 0 Å². The molecule has 1 aromatic carbocycles. The number of hydrogen-bond acceptors (Lipinski definition) is 4. The van der Waals surface area contributed by atoms with E-state index in [0.29, 0.717) is 12.1 Å². The molecule has 1 aliphatic heterocycles. The molecule has 1 saturated heterocycles. The molecule has 0 aromatic heterocycles. The Hall–Kier alpha value is -1.28. The number of anilines is 1. The highest BCUT2D eigenvalue weighted by atomic mass is 32.2. The number of rotatable bonds is 2. The minimum Gasteiger partial charge on any atom is -0.390 e. The lowest BCUT2D eigenvalue weighted by molar-refractivity contribution is 0.190. The van der Waals surface area contributed by atoms with E-state index < -0.39 is 45.2 Å². The van der Waals surface area contributed by atoms with E-state index in [1.165, 1.54) is 0 Å². The summed E-state index contributed by atoms with van der Waals surface area (Å²) in [5.41, 5.74) is -0.380. The predicted molar refractivity (Wildman–Crippen MR) is 58.4 cm³/mol. The average Bonchev–Trinajstić information content (AvgIpc) is 2.48. The summed E-state index contributed by atoms with van der Waals surface area (Å²) in [6.07, 6.45) is -1.21. The molecule has 2 N–H and O–H groups in total. The molecule has 1 fully saturated rings. The minimum atomic E-state index is -3.40. The first-order valence-electron chi connectivity index (χ1n) is 5.08. The zero-order valence-electron chi connectivity index (χ0n) is 9.03. The quantitative estimate of drug-likeness (QED) is 0.782. The molecule has 0 bridgehead atoms. The molecule has 0 spiro atoms. The van der Waals surface area contributed by atoms with Gasteiger partial charge in [0, 0.05) is 12.1 Å². The van der Waals surface area contributed by atoms with Crippen molar-refractivity contribution < 1.29 is 26.7 Å². The van der Waals surface area contributed by atoms with Gasteiger partial charge in [-0.25, -0.2) is 21.6 Å². The van der Waals surface area contributed by atoms with Crippen LogP contribution in [0.2, 0.25) is 0 Å². The van der Waals surface area contributed by atoms with E-state index in [9.17, 15) is 26.7 Å². The van der Waals surface area contributed by atoms with Crippen LogP contribution in [0.5, 0.6) is 0 Å². The van der Waals surface area contributed by atoms with Crippen LogP contribution in [0.3, 0.4) is 0 Å². The Balaban J connectivity index is 2.23. The molecule has 2 unspecified atom stereocenters. The standard InChI is InChI=1S/C10H10F3NO3S/c11-5-1-7(13)8(2-6(5)12)14-9-3-18(16,17)4-10(9)15/h1-2,9-10,14-15H,3-4H2. The van der Waals surface area contributed by atoms with Gasteiger partial charge < -0.3 is 10.4 Å². The van der Waals surface area contributed by atoms with Crippen molar-refractivity contribution in [1.29, 1.82) is 0 Å². The minimum absolute atomic E-state index is 0.355. The molecule has 0 aliphatic carbocycles. The fraction of sp³-hybridized carbons (Fsp3) is 0.400. The van der Waals surface area contributed by atoms with Crippen LogP contribution >= 0.6 is 0 Å². The van der Waals surface area contributed by atoms with E-state index in [2.05, 4.69) is 5.32 Å². The molecule has 0 radical (unpaired) electrons. The Morgan fingerprint density at radius 1 is 1.11 bits per heavy atom.